The monoisotopic (exact) mass is 346 g/mol. The van der Waals surface area contributed by atoms with Gasteiger partial charge in [0.15, 0.2) is 0 Å². The highest BCUT2D eigenvalue weighted by molar-refractivity contribution is 5.97. The maximum atomic E-state index is 13.0. The van der Waals surface area contributed by atoms with Gasteiger partial charge in [-0.2, -0.15) is 0 Å². The molecule has 1 fully saturated rings. The molecule has 0 unspecified atom stereocenters. The number of nitrogens with one attached hydrogen (secondary N) is 1. The minimum absolute atomic E-state index is 0.113. The molecule has 0 aliphatic carbocycles. The molecule has 132 valence electrons. The lowest BCUT2D eigenvalue weighted by molar-refractivity contribution is -0.122. The van der Waals surface area contributed by atoms with Gasteiger partial charge in [-0.1, -0.05) is 30.3 Å². The van der Waals surface area contributed by atoms with Crippen LogP contribution in [0.25, 0.3) is 11.0 Å². The number of H-pyrrole nitrogens is 1. The van der Waals surface area contributed by atoms with Crippen LogP contribution in [0.5, 0.6) is 0 Å². The zero-order valence-corrected chi connectivity index (χ0v) is 14.7. The number of benzene rings is 2. The number of amides is 1. The zero-order chi connectivity index (χ0) is 17.5. The van der Waals surface area contributed by atoms with Crippen LogP contribution in [0.2, 0.25) is 0 Å². The van der Waals surface area contributed by atoms with Gasteiger partial charge in [-0.3, -0.25) is 4.79 Å². The van der Waals surface area contributed by atoms with E-state index in [2.05, 4.69) is 33.1 Å². The first-order valence-corrected chi connectivity index (χ1v) is 9.38. The minimum atomic E-state index is 0.113. The number of hydrogen-bond acceptors (Lipinski definition) is 3. The van der Waals surface area contributed by atoms with Crippen LogP contribution in [0.3, 0.4) is 0 Å². The number of hydrogen-bond donors (Lipinski definition) is 1. The SMILES string of the molecule is O=C(C1CCN(c2nc3ccccc3[nH]2)CC1)N1CCc2ccccc21. The Morgan fingerprint density at radius 1 is 1.00 bits per heavy atom. The van der Waals surface area contributed by atoms with Crippen molar-refractivity contribution >= 4 is 28.6 Å². The van der Waals surface area contributed by atoms with Gasteiger partial charge >= 0.3 is 0 Å². The summed E-state index contributed by atoms with van der Waals surface area (Å²) >= 11 is 0. The molecule has 2 aromatic carbocycles. The molecule has 1 amide bonds. The molecule has 0 spiro atoms. The fourth-order valence-corrected chi connectivity index (χ4v) is 4.21. The van der Waals surface area contributed by atoms with E-state index in [1.54, 1.807) is 0 Å². The Bertz CT molecular complexity index is 922. The predicted octanol–water partition coefficient (Wildman–Crippen LogP) is 3.37. The molecule has 0 saturated carbocycles. The third-order valence-electron chi connectivity index (χ3n) is 5.67. The standard InChI is InChI=1S/C21H22N4O/c26-20(25-14-11-15-5-1-4-8-19(15)25)16-9-12-24(13-10-16)21-22-17-6-2-3-7-18(17)23-21/h1-8,16H,9-14H2,(H,22,23). The van der Waals surface area contributed by atoms with Gasteiger partial charge in [0.25, 0.3) is 0 Å². The second-order valence-electron chi connectivity index (χ2n) is 7.21. The summed E-state index contributed by atoms with van der Waals surface area (Å²) in [6, 6.07) is 16.4. The van der Waals surface area contributed by atoms with E-state index in [0.717, 1.165) is 61.6 Å². The van der Waals surface area contributed by atoms with Crippen LogP contribution in [0, 0.1) is 5.92 Å². The topological polar surface area (TPSA) is 52.2 Å². The third-order valence-corrected chi connectivity index (χ3v) is 5.67. The van der Waals surface area contributed by atoms with Crippen molar-refractivity contribution in [3.05, 3.63) is 54.1 Å². The molecule has 2 aliphatic heterocycles. The average molecular weight is 346 g/mol. The quantitative estimate of drug-likeness (QED) is 0.774. The van der Waals surface area contributed by atoms with Crippen molar-refractivity contribution in [3.63, 3.8) is 0 Å². The number of piperidine rings is 1. The first-order chi connectivity index (χ1) is 12.8. The van der Waals surface area contributed by atoms with Crippen LogP contribution in [-0.2, 0) is 11.2 Å². The summed E-state index contributed by atoms with van der Waals surface area (Å²) in [6.45, 7) is 2.55. The number of carbonyl (C=O) groups excluding carboxylic acids is 1. The van der Waals surface area contributed by atoms with Crippen LogP contribution in [-0.4, -0.2) is 35.5 Å². The smallest absolute Gasteiger partial charge is 0.230 e. The van der Waals surface area contributed by atoms with Crippen LogP contribution < -0.4 is 9.80 Å². The van der Waals surface area contributed by atoms with Crippen molar-refractivity contribution in [3.8, 4) is 0 Å². The van der Waals surface area contributed by atoms with Gasteiger partial charge in [0.1, 0.15) is 0 Å². The minimum Gasteiger partial charge on any atom is -0.342 e. The van der Waals surface area contributed by atoms with Gasteiger partial charge in [-0.15, -0.1) is 0 Å². The van der Waals surface area contributed by atoms with E-state index >= 15 is 0 Å². The Balaban J connectivity index is 1.28. The van der Waals surface area contributed by atoms with Gasteiger partial charge < -0.3 is 14.8 Å². The Labute approximate surface area is 152 Å². The summed E-state index contributed by atoms with van der Waals surface area (Å²) in [6.07, 6.45) is 2.74. The van der Waals surface area contributed by atoms with E-state index in [-0.39, 0.29) is 5.92 Å². The fourth-order valence-electron chi connectivity index (χ4n) is 4.21. The number of carbonyl (C=O) groups is 1. The molecule has 3 heterocycles. The van der Waals surface area contributed by atoms with Crippen molar-refractivity contribution in [2.75, 3.05) is 29.4 Å². The molecule has 1 saturated heterocycles. The van der Waals surface area contributed by atoms with Gasteiger partial charge in [-0.25, -0.2) is 4.98 Å². The molecule has 0 radical (unpaired) electrons. The van der Waals surface area contributed by atoms with Crippen LogP contribution in [0.15, 0.2) is 48.5 Å². The average Bonchev–Trinajstić information content (AvgIpc) is 3.32. The Morgan fingerprint density at radius 3 is 2.62 bits per heavy atom. The molecule has 1 aromatic heterocycles. The van der Waals surface area contributed by atoms with Gasteiger partial charge in [0, 0.05) is 31.2 Å². The summed E-state index contributed by atoms with van der Waals surface area (Å²) in [4.78, 5) is 25.4. The van der Waals surface area contributed by atoms with E-state index in [0.29, 0.717) is 5.91 Å². The number of aromatic amines is 1. The molecule has 5 nitrogen and oxygen atoms in total. The fraction of sp³-hybridized carbons (Fsp3) is 0.333. The number of fused-ring (bicyclic) bond motifs is 2. The van der Waals surface area contributed by atoms with Gasteiger partial charge in [-0.05, 0) is 43.0 Å². The summed E-state index contributed by atoms with van der Waals surface area (Å²) < 4.78 is 0. The highest BCUT2D eigenvalue weighted by Gasteiger charge is 2.32. The van der Waals surface area contributed by atoms with Crippen LogP contribution >= 0.6 is 0 Å². The number of para-hydroxylation sites is 3. The third kappa shape index (κ3) is 2.55. The number of anilines is 2. The molecular weight excluding hydrogens is 324 g/mol. The lowest BCUT2D eigenvalue weighted by Crippen LogP contribution is -2.42. The number of nitrogens with zero attached hydrogens (tertiary/aromatic N) is 3. The lowest BCUT2D eigenvalue weighted by Gasteiger charge is -2.33. The highest BCUT2D eigenvalue weighted by Crippen LogP contribution is 2.31. The molecule has 5 rings (SSSR count). The van der Waals surface area contributed by atoms with E-state index < -0.39 is 0 Å². The summed E-state index contributed by atoms with van der Waals surface area (Å²) in [7, 11) is 0. The number of imidazole rings is 1. The van der Waals surface area contributed by atoms with Crippen molar-refractivity contribution in [2.24, 2.45) is 5.92 Å². The van der Waals surface area contributed by atoms with Crippen LogP contribution in [0.1, 0.15) is 18.4 Å². The molecule has 2 aliphatic rings. The number of rotatable bonds is 2. The molecule has 3 aromatic rings. The van der Waals surface area contributed by atoms with Crippen molar-refractivity contribution in [2.45, 2.75) is 19.3 Å². The van der Waals surface area contributed by atoms with Crippen molar-refractivity contribution in [1.82, 2.24) is 9.97 Å². The van der Waals surface area contributed by atoms with Crippen LogP contribution in [0.4, 0.5) is 11.6 Å². The first-order valence-electron chi connectivity index (χ1n) is 9.38. The maximum Gasteiger partial charge on any atom is 0.230 e. The van der Waals surface area contributed by atoms with E-state index in [4.69, 9.17) is 0 Å². The zero-order valence-electron chi connectivity index (χ0n) is 14.7. The van der Waals surface area contributed by atoms with E-state index in [1.165, 1.54) is 5.56 Å². The molecule has 0 bridgehead atoms. The predicted molar refractivity (Wildman–Crippen MR) is 104 cm³/mol. The summed E-state index contributed by atoms with van der Waals surface area (Å²) in [5.41, 5.74) is 4.46. The Kier molecular flexibility index (Phi) is 3.66. The Morgan fingerprint density at radius 2 is 1.77 bits per heavy atom. The summed E-state index contributed by atoms with van der Waals surface area (Å²) in [5, 5.41) is 0. The molecular formula is C21H22N4O. The van der Waals surface area contributed by atoms with Crippen molar-refractivity contribution < 1.29 is 4.79 Å². The maximum absolute atomic E-state index is 13.0. The van der Waals surface area contributed by atoms with Crippen molar-refractivity contribution in [1.29, 1.82) is 0 Å². The number of aromatic nitrogens is 2. The molecule has 5 heteroatoms. The second kappa shape index (κ2) is 6.16. The Hall–Kier alpha value is -2.82. The summed E-state index contributed by atoms with van der Waals surface area (Å²) in [5.74, 6) is 1.32. The second-order valence-corrected chi connectivity index (χ2v) is 7.21. The van der Waals surface area contributed by atoms with Gasteiger partial charge in [0.2, 0.25) is 11.9 Å². The lowest BCUT2D eigenvalue weighted by atomic mass is 9.95. The molecule has 0 atom stereocenters. The molecule has 26 heavy (non-hydrogen) atoms. The normalized spacial score (nSPS) is 17.7. The van der Waals surface area contributed by atoms with E-state index in [9.17, 15) is 4.79 Å². The first kappa shape index (κ1) is 15.4. The largest absolute Gasteiger partial charge is 0.342 e. The highest BCUT2D eigenvalue weighted by atomic mass is 16.2. The molecule has 1 N–H and O–H groups in total. The van der Waals surface area contributed by atoms with E-state index in [1.807, 2.05) is 35.2 Å². The van der Waals surface area contributed by atoms with Gasteiger partial charge in [0.05, 0.1) is 11.0 Å².